The van der Waals surface area contributed by atoms with Gasteiger partial charge in [-0.2, -0.15) is 0 Å². The SMILES string of the molecule is N[C@@H](Cc1ccccc1)[C@H](O)C(=O)NCC(=O)O. The van der Waals surface area contributed by atoms with E-state index in [1.54, 1.807) is 0 Å². The van der Waals surface area contributed by atoms with Crippen LogP contribution in [0.25, 0.3) is 0 Å². The van der Waals surface area contributed by atoms with Crippen molar-refractivity contribution in [2.45, 2.75) is 18.6 Å². The molecule has 0 aliphatic rings. The van der Waals surface area contributed by atoms with Crippen LogP contribution in [-0.4, -0.2) is 40.8 Å². The average molecular weight is 252 g/mol. The standard InChI is InChI=1S/C12H16N2O4/c13-9(6-8-4-2-1-3-5-8)11(17)12(18)14-7-10(15)16/h1-5,9,11,17H,6-7,13H2,(H,14,18)(H,15,16)/t9-,11-/m0/s1. The number of rotatable bonds is 6. The van der Waals surface area contributed by atoms with E-state index in [4.69, 9.17) is 10.8 Å². The van der Waals surface area contributed by atoms with Gasteiger partial charge in [0.25, 0.3) is 5.91 Å². The Morgan fingerprint density at radius 2 is 1.89 bits per heavy atom. The predicted molar refractivity (Wildman–Crippen MR) is 64.8 cm³/mol. The molecule has 18 heavy (non-hydrogen) atoms. The number of carbonyl (C=O) groups is 2. The van der Waals surface area contributed by atoms with Gasteiger partial charge in [0.1, 0.15) is 12.6 Å². The van der Waals surface area contributed by atoms with Crippen LogP contribution >= 0.6 is 0 Å². The van der Waals surface area contributed by atoms with Gasteiger partial charge in [0.05, 0.1) is 0 Å². The van der Waals surface area contributed by atoms with E-state index in [1.165, 1.54) is 0 Å². The molecule has 1 rings (SSSR count). The molecule has 2 atom stereocenters. The predicted octanol–water partition coefficient (Wildman–Crippen LogP) is -0.882. The smallest absolute Gasteiger partial charge is 0.322 e. The molecule has 5 N–H and O–H groups in total. The summed E-state index contributed by atoms with van der Waals surface area (Å²) in [6, 6.07) is 8.41. The number of nitrogens with two attached hydrogens (primary N) is 1. The van der Waals surface area contributed by atoms with Gasteiger partial charge in [0.2, 0.25) is 0 Å². The van der Waals surface area contributed by atoms with Crippen LogP contribution in [0.3, 0.4) is 0 Å². The van der Waals surface area contributed by atoms with Gasteiger partial charge in [-0.3, -0.25) is 9.59 Å². The third-order valence-electron chi connectivity index (χ3n) is 2.40. The number of aliphatic hydroxyl groups excluding tert-OH is 1. The van der Waals surface area contributed by atoms with Crippen molar-refractivity contribution in [1.82, 2.24) is 5.32 Å². The molecule has 1 aromatic carbocycles. The number of aliphatic carboxylic acids is 1. The van der Waals surface area contributed by atoms with Gasteiger partial charge in [-0.25, -0.2) is 0 Å². The summed E-state index contributed by atoms with van der Waals surface area (Å²) in [4.78, 5) is 21.6. The highest BCUT2D eigenvalue weighted by Crippen LogP contribution is 2.04. The summed E-state index contributed by atoms with van der Waals surface area (Å²) in [5, 5.41) is 20.1. The molecule has 0 heterocycles. The highest BCUT2D eigenvalue weighted by Gasteiger charge is 2.23. The number of amides is 1. The molecule has 98 valence electrons. The van der Waals surface area contributed by atoms with E-state index in [9.17, 15) is 14.7 Å². The summed E-state index contributed by atoms with van der Waals surface area (Å²) in [5.41, 5.74) is 6.60. The van der Waals surface area contributed by atoms with Gasteiger partial charge in [-0.15, -0.1) is 0 Å². The van der Waals surface area contributed by atoms with Crippen molar-refractivity contribution in [1.29, 1.82) is 0 Å². The molecule has 0 aliphatic heterocycles. The molecule has 0 bridgehead atoms. The van der Waals surface area contributed by atoms with Crippen molar-refractivity contribution < 1.29 is 19.8 Å². The zero-order valence-electron chi connectivity index (χ0n) is 9.74. The minimum Gasteiger partial charge on any atom is -0.480 e. The number of nitrogens with one attached hydrogen (secondary N) is 1. The van der Waals surface area contributed by atoms with Gasteiger partial charge >= 0.3 is 5.97 Å². The topological polar surface area (TPSA) is 113 Å². The molecule has 0 aliphatic carbocycles. The van der Waals surface area contributed by atoms with Crippen LogP contribution in [-0.2, 0) is 16.0 Å². The highest BCUT2D eigenvalue weighted by molar-refractivity contribution is 5.84. The van der Waals surface area contributed by atoms with Crippen molar-refractivity contribution in [3.8, 4) is 0 Å². The molecular weight excluding hydrogens is 236 g/mol. The molecular formula is C12H16N2O4. The molecule has 1 amide bonds. The Balaban J connectivity index is 2.48. The van der Waals surface area contributed by atoms with Crippen LogP contribution in [0.4, 0.5) is 0 Å². The maximum absolute atomic E-state index is 11.4. The number of benzene rings is 1. The molecule has 0 spiro atoms. The van der Waals surface area contributed by atoms with E-state index in [-0.39, 0.29) is 0 Å². The summed E-state index contributed by atoms with van der Waals surface area (Å²) in [6.45, 7) is -0.534. The van der Waals surface area contributed by atoms with Gasteiger partial charge in [-0.05, 0) is 12.0 Å². The van der Waals surface area contributed by atoms with Crippen LogP contribution in [0.2, 0.25) is 0 Å². The molecule has 6 nitrogen and oxygen atoms in total. The van der Waals surface area contributed by atoms with Crippen molar-refractivity contribution >= 4 is 11.9 Å². The molecule has 0 radical (unpaired) electrons. The van der Waals surface area contributed by atoms with Crippen LogP contribution < -0.4 is 11.1 Å². The van der Waals surface area contributed by atoms with E-state index in [0.29, 0.717) is 6.42 Å². The van der Waals surface area contributed by atoms with Crippen molar-refractivity contribution in [2.75, 3.05) is 6.54 Å². The molecule has 1 aromatic rings. The third-order valence-corrected chi connectivity index (χ3v) is 2.40. The Morgan fingerprint density at radius 1 is 1.28 bits per heavy atom. The second-order valence-electron chi connectivity index (χ2n) is 3.91. The maximum Gasteiger partial charge on any atom is 0.322 e. The van der Waals surface area contributed by atoms with E-state index in [1.807, 2.05) is 30.3 Å². The van der Waals surface area contributed by atoms with Gasteiger partial charge in [0.15, 0.2) is 0 Å². The summed E-state index contributed by atoms with van der Waals surface area (Å²) in [7, 11) is 0. The summed E-state index contributed by atoms with van der Waals surface area (Å²) >= 11 is 0. The fourth-order valence-electron chi connectivity index (χ4n) is 1.46. The zero-order valence-corrected chi connectivity index (χ0v) is 9.74. The molecule has 0 fully saturated rings. The Labute approximate surface area is 104 Å². The Bertz CT molecular complexity index is 408. The second-order valence-corrected chi connectivity index (χ2v) is 3.91. The fourth-order valence-corrected chi connectivity index (χ4v) is 1.46. The first kappa shape index (κ1) is 14.1. The monoisotopic (exact) mass is 252 g/mol. The summed E-state index contributed by atoms with van der Waals surface area (Å²) in [6.07, 6.45) is -1.09. The maximum atomic E-state index is 11.4. The lowest BCUT2D eigenvalue weighted by Crippen LogP contribution is -2.48. The third kappa shape index (κ3) is 4.52. The van der Waals surface area contributed by atoms with E-state index >= 15 is 0 Å². The van der Waals surface area contributed by atoms with Crippen LogP contribution in [0, 0.1) is 0 Å². The molecule has 0 saturated heterocycles. The van der Waals surface area contributed by atoms with Gasteiger partial charge in [0, 0.05) is 6.04 Å². The van der Waals surface area contributed by atoms with E-state index in [2.05, 4.69) is 5.32 Å². The average Bonchev–Trinajstić information content (AvgIpc) is 2.36. The fraction of sp³-hybridized carbons (Fsp3) is 0.333. The molecule has 0 aromatic heterocycles. The number of carboxylic acids is 1. The van der Waals surface area contributed by atoms with Crippen LogP contribution in [0.15, 0.2) is 30.3 Å². The number of carbonyl (C=O) groups excluding carboxylic acids is 1. The minimum atomic E-state index is -1.43. The summed E-state index contributed by atoms with van der Waals surface area (Å²) < 4.78 is 0. The Hall–Kier alpha value is -1.92. The number of hydrogen-bond acceptors (Lipinski definition) is 4. The lowest BCUT2D eigenvalue weighted by atomic mass is 10.0. The number of carboxylic acid groups (broad SMARTS) is 1. The Morgan fingerprint density at radius 3 is 2.44 bits per heavy atom. The largest absolute Gasteiger partial charge is 0.480 e. The number of aliphatic hydroxyl groups is 1. The second kappa shape index (κ2) is 6.73. The first-order chi connectivity index (χ1) is 8.50. The highest BCUT2D eigenvalue weighted by atomic mass is 16.4. The zero-order chi connectivity index (χ0) is 13.5. The van der Waals surface area contributed by atoms with Crippen molar-refractivity contribution in [3.05, 3.63) is 35.9 Å². The number of hydrogen-bond donors (Lipinski definition) is 4. The van der Waals surface area contributed by atoms with E-state index in [0.717, 1.165) is 5.56 Å². The molecule has 0 saturated carbocycles. The molecule has 0 unspecified atom stereocenters. The van der Waals surface area contributed by atoms with Gasteiger partial charge < -0.3 is 21.3 Å². The van der Waals surface area contributed by atoms with Crippen LogP contribution in [0.5, 0.6) is 0 Å². The lowest BCUT2D eigenvalue weighted by Gasteiger charge is -2.17. The lowest BCUT2D eigenvalue weighted by molar-refractivity contribution is -0.139. The van der Waals surface area contributed by atoms with Crippen LogP contribution in [0.1, 0.15) is 5.56 Å². The van der Waals surface area contributed by atoms with Crippen molar-refractivity contribution in [2.24, 2.45) is 5.73 Å². The van der Waals surface area contributed by atoms with Gasteiger partial charge in [-0.1, -0.05) is 30.3 Å². The first-order valence-electron chi connectivity index (χ1n) is 5.47. The Kier molecular flexibility index (Phi) is 5.29. The van der Waals surface area contributed by atoms with Crippen molar-refractivity contribution in [3.63, 3.8) is 0 Å². The molecule has 6 heteroatoms. The summed E-state index contributed by atoms with van der Waals surface area (Å²) in [5.74, 6) is -1.95. The quantitative estimate of drug-likeness (QED) is 0.525. The van der Waals surface area contributed by atoms with E-state index < -0.39 is 30.6 Å². The normalized spacial score (nSPS) is 13.7. The minimum absolute atomic E-state index is 0.336. The first-order valence-corrected chi connectivity index (χ1v) is 5.47.